The van der Waals surface area contributed by atoms with Gasteiger partial charge in [-0.3, -0.25) is 4.79 Å². The molecule has 3 rings (SSSR count). The molecule has 9 heteroatoms. The lowest BCUT2D eigenvalue weighted by Crippen LogP contribution is -2.39. The van der Waals surface area contributed by atoms with E-state index in [-0.39, 0.29) is 17.3 Å². The Labute approximate surface area is 162 Å². The van der Waals surface area contributed by atoms with Gasteiger partial charge in [0.1, 0.15) is 15.9 Å². The summed E-state index contributed by atoms with van der Waals surface area (Å²) in [5.74, 6) is -0.350. The Balaban J connectivity index is 1.60. The van der Waals surface area contributed by atoms with Crippen molar-refractivity contribution in [2.75, 3.05) is 20.1 Å². The van der Waals surface area contributed by atoms with Crippen LogP contribution in [0.25, 0.3) is 11.0 Å². The molecule has 1 aromatic heterocycles. The van der Waals surface area contributed by atoms with E-state index in [2.05, 4.69) is 14.1 Å². The summed E-state index contributed by atoms with van der Waals surface area (Å²) >= 11 is 0.956. The molecule has 1 N–H and O–H groups in total. The minimum Gasteiger partial charge on any atom is -0.355 e. The van der Waals surface area contributed by atoms with Crippen LogP contribution in [0, 0.1) is 6.92 Å². The number of rotatable bonds is 7. The fourth-order valence-corrected chi connectivity index (χ4v) is 4.48. The molecule has 142 valence electrons. The quantitative estimate of drug-likeness (QED) is 0.650. The molecule has 0 unspecified atom stereocenters. The Morgan fingerprint density at radius 3 is 2.63 bits per heavy atom. The van der Waals surface area contributed by atoms with Crippen molar-refractivity contribution in [1.82, 2.24) is 18.4 Å². The van der Waals surface area contributed by atoms with Gasteiger partial charge in [0.25, 0.3) is 0 Å². The predicted octanol–water partition coefficient (Wildman–Crippen LogP) is 1.98. The Morgan fingerprint density at radius 2 is 1.89 bits per heavy atom. The Kier molecular flexibility index (Phi) is 5.83. The summed E-state index contributed by atoms with van der Waals surface area (Å²) in [5, 5.41) is 2.76. The number of aryl methyl sites for hydroxylation is 1. The lowest BCUT2D eigenvalue weighted by Gasteiger charge is -2.17. The zero-order valence-electron chi connectivity index (χ0n) is 15.0. The number of carbonyl (C=O) groups is 1. The number of carbonyl (C=O) groups excluding carboxylic acids is 1. The second kappa shape index (κ2) is 8.12. The third kappa shape index (κ3) is 4.49. The number of aromatic nitrogens is 2. The van der Waals surface area contributed by atoms with E-state index >= 15 is 0 Å². The van der Waals surface area contributed by atoms with Gasteiger partial charge in [-0.15, -0.1) is 0 Å². The van der Waals surface area contributed by atoms with Crippen LogP contribution in [-0.2, 0) is 21.2 Å². The van der Waals surface area contributed by atoms with Gasteiger partial charge in [-0.25, -0.2) is 8.42 Å². The molecule has 0 atom stereocenters. The summed E-state index contributed by atoms with van der Waals surface area (Å²) in [5.41, 5.74) is 3.15. The van der Waals surface area contributed by atoms with Crippen LogP contribution in [0.4, 0.5) is 0 Å². The maximum atomic E-state index is 12.8. The average Bonchev–Trinajstić information content (AvgIpc) is 3.12. The third-order valence-electron chi connectivity index (χ3n) is 4.16. The molecule has 2 aromatic carbocycles. The van der Waals surface area contributed by atoms with Crippen molar-refractivity contribution in [3.63, 3.8) is 0 Å². The lowest BCUT2D eigenvalue weighted by molar-refractivity contribution is -0.121. The first-order valence-corrected chi connectivity index (χ1v) is 10.5. The molecule has 0 spiro atoms. The van der Waals surface area contributed by atoms with Crippen molar-refractivity contribution in [1.29, 1.82) is 0 Å². The maximum Gasteiger partial charge on any atom is 0.245 e. The minimum absolute atomic E-state index is 0.0590. The van der Waals surface area contributed by atoms with Crippen molar-refractivity contribution >= 4 is 38.7 Å². The highest BCUT2D eigenvalue weighted by Gasteiger charge is 2.26. The van der Waals surface area contributed by atoms with E-state index in [0.717, 1.165) is 21.6 Å². The van der Waals surface area contributed by atoms with Crippen molar-refractivity contribution in [2.24, 2.45) is 0 Å². The zero-order chi connectivity index (χ0) is 19.4. The number of nitrogens with zero attached hydrogens (tertiary/aromatic N) is 3. The first kappa shape index (κ1) is 19.4. The molecule has 0 radical (unpaired) electrons. The van der Waals surface area contributed by atoms with Gasteiger partial charge in [-0.1, -0.05) is 35.9 Å². The molecule has 0 fully saturated rings. The minimum atomic E-state index is -3.84. The van der Waals surface area contributed by atoms with Crippen LogP contribution >= 0.6 is 11.7 Å². The normalized spacial score (nSPS) is 11.8. The summed E-state index contributed by atoms with van der Waals surface area (Å²) in [7, 11) is -2.45. The van der Waals surface area contributed by atoms with Crippen molar-refractivity contribution in [3.8, 4) is 0 Å². The number of nitrogens with one attached hydrogen (secondary N) is 1. The van der Waals surface area contributed by atoms with Crippen LogP contribution in [0.15, 0.2) is 47.4 Å². The summed E-state index contributed by atoms with van der Waals surface area (Å²) in [4.78, 5) is 12.2. The molecular formula is C18H20N4O3S2. The SMILES string of the molecule is Cc1ccc(CCNC(=O)CN(C)S(=O)(=O)c2cccc3nsnc23)cc1. The number of sulfonamides is 1. The monoisotopic (exact) mass is 404 g/mol. The van der Waals surface area contributed by atoms with E-state index < -0.39 is 10.0 Å². The maximum absolute atomic E-state index is 12.8. The van der Waals surface area contributed by atoms with Gasteiger partial charge in [0.2, 0.25) is 15.9 Å². The molecule has 1 heterocycles. The number of fused-ring (bicyclic) bond motifs is 1. The smallest absolute Gasteiger partial charge is 0.245 e. The van der Waals surface area contributed by atoms with Crippen LogP contribution < -0.4 is 5.32 Å². The van der Waals surface area contributed by atoms with Gasteiger partial charge >= 0.3 is 0 Å². The number of likely N-dealkylation sites (N-methyl/N-ethyl adjacent to an activating group) is 1. The molecule has 0 aliphatic carbocycles. The molecule has 0 saturated carbocycles. The zero-order valence-corrected chi connectivity index (χ0v) is 16.7. The summed E-state index contributed by atoms with van der Waals surface area (Å²) in [6.07, 6.45) is 0.687. The predicted molar refractivity (Wildman–Crippen MR) is 105 cm³/mol. The van der Waals surface area contributed by atoms with E-state index in [1.807, 2.05) is 31.2 Å². The number of hydrogen-bond acceptors (Lipinski definition) is 6. The first-order valence-electron chi connectivity index (χ1n) is 8.38. The van der Waals surface area contributed by atoms with Gasteiger partial charge in [0.05, 0.1) is 18.3 Å². The summed E-state index contributed by atoms with van der Waals surface area (Å²) in [6, 6.07) is 12.9. The number of hydrogen-bond donors (Lipinski definition) is 1. The van der Waals surface area contributed by atoms with E-state index in [1.165, 1.54) is 18.7 Å². The fourth-order valence-electron chi connectivity index (χ4n) is 2.60. The van der Waals surface area contributed by atoms with Gasteiger partial charge in [0, 0.05) is 13.6 Å². The third-order valence-corrected chi connectivity index (χ3v) is 6.54. The van der Waals surface area contributed by atoms with E-state index in [9.17, 15) is 13.2 Å². The van der Waals surface area contributed by atoms with E-state index in [4.69, 9.17) is 0 Å². The Hall–Kier alpha value is -2.36. The van der Waals surface area contributed by atoms with Crippen LogP contribution in [0.3, 0.4) is 0 Å². The van der Waals surface area contributed by atoms with Crippen LogP contribution in [0.2, 0.25) is 0 Å². The molecule has 7 nitrogen and oxygen atoms in total. The number of benzene rings is 2. The fraction of sp³-hybridized carbons (Fsp3) is 0.278. The summed E-state index contributed by atoms with van der Waals surface area (Å²) in [6.45, 7) is 2.20. The lowest BCUT2D eigenvalue weighted by atomic mass is 10.1. The molecule has 0 aliphatic heterocycles. The van der Waals surface area contributed by atoms with Crippen LogP contribution in [-0.4, -0.2) is 47.5 Å². The van der Waals surface area contributed by atoms with Crippen molar-refractivity contribution in [2.45, 2.75) is 18.2 Å². The topological polar surface area (TPSA) is 92.3 Å². The largest absolute Gasteiger partial charge is 0.355 e. The second-order valence-corrected chi connectivity index (χ2v) is 8.78. The Bertz CT molecular complexity index is 1050. The summed E-state index contributed by atoms with van der Waals surface area (Å²) < 4.78 is 34.7. The molecule has 0 saturated heterocycles. The van der Waals surface area contributed by atoms with E-state index in [1.54, 1.807) is 12.1 Å². The standard InChI is InChI=1S/C18H20N4O3S2/c1-13-6-8-14(9-7-13)10-11-19-17(23)12-22(2)27(24,25)16-5-3-4-15-18(16)21-26-20-15/h3-9H,10-12H2,1-2H3,(H,19,23). The molecule has 1 amide bonds. The highest BCUT2D eigenvalue weighted by Crippen LogP contribution is 2.23. The molecule has 3 aromatic rings. The van der Waals surface area contributed by atoms with Gasteiger partial charge in [-0.05, 0) is 31.0 Å². The average molecular weight is 405 g/mol. The van der Waals surface area contributed by atoms with E-state index in [0.29, 0.717) is 24.0 Å². The highest BCUT2D eigenvalue weighted by molar-refractivity contribution is 7.89. The van der Waals surface area contributed by atoms with Crippen LogP contribution in [0.5, 0.6) is 0 Å². The molecule has 0 aliphatic rings. The number of amides is 1. The van der Waals surface area contributed by atoms with Gasteiger partial charge in [0.15, 0.2) is 0 Å². The van der Waals surface area contributed by atoms with Crippen LogP contribution in [0.1, 0.15) is 11.1 Å². The molecule has 0 bridgehead atoms. The second-order valence-electron chi connectivity index (χ2n) is 6.23. The van der Waals surface area contributed by atoms with Crippen molar-refractivity contribution < 1.29 is 13.2 Å². The Morgan fingerprint density at radius 1 is 1.15 bits per heavy atom. The highest BCUT2D eigenvalue weighted by atomic mass is 32.2. The van der Waals surface area contributed by atoms with Gasteiger partial charge < -0.3 is 5.32 Å². The molecule has 27 heavy (non-hydrogen) atoms. The van der Waals surface area contributed by atoms with Crippen molar-refractivity contribution in [3.05, 3.63) is 53.6 Å². The molecular weight excluding hydrogens is 384 g/mol. The first-order chi connectivity index (χ1) is 12.9. The van der Waals surface area contributed by atoms with Gasteiger partial charge in [-0.2, -0.15) is 13.1 Å².